The second-order valence-electron chi connectivity index (χ2n) is 3.64. The standard InChI is InChI=1S/C11H14ClNO4/c12-4-3-9(14)10(15)7-2-1-6(11(16)17)5-8(7)13/h1-2,5,9-10,14-15H,3-4,13H2,(H,16,17). The Balaban J connectivity index is 2.95. The van der Waals surface area contributed by atoms with Crippen LogP contribution in [0.1, 0.15) is 28.4 Å². The largest absolute Gasteiger partial charge is 0.478 e. The molecular formula is C11H14ClNO4. The van der Waals surface area contributed by atoms with Gasteiger partial charge in [-0.25, -0.2) is 4.79 Å². The molecule has 0 aliphatic heterocycles. The van der Waals surface area contributed by atoms with Crippen LogP contribution in [0.25, 0.3) is 0 Å². The predicted octanol–water partition coefficient (Wildman–Crippen LogP) is 0.990. The number of nitrogens with two attached hydrogens (primary N) is 1. The number of rotatable bonds is 5. The maximum atomic E-state index is 10.7. The molecule has 0 fully saturated rings. The van der Waals surface area contributed by atoms with Crippen LogP contribution in [-0.4, -0.2) is 33.3 Å². The van der Waals surface area contributed by atoms with E-state index in [0.29, 0.717) is 5.56 Å². The second kappa shape index (κ2) is 5.86. The topological polar surface area (TPSA) is 104 Å². The van der Waals surface area contributed by atoms with Gasteiger partial charge in [-0.05, 0) is 18.6 Å². The number of anilines is 1. The number of aliphatic hydroxyl groups excluding tert-OH is 2. The van der Waals surface area contributed by atoms with Crippen LogP contribution in [0.2, 0.25) is 0 Å². The fourth-order valence-corrected chi connectivity index (χ4v) is 1.68. The lowest BCUT2D eigenvalue weighted by Gasteiger charge is -2.19. The molecular weight excluding hydrogens is 246 g/mol. The first-order valence-corrected chi connectivity index (χ1v) is 5.55. The number of hydrogen-bond donors (Lipinski definition) is 4. The van der Waals surface area contributed by atoms with Crippen molar-refractivity contribution in [3.05, 3.63) is 29.3 Å². The summed E-state index contributed by atoms with van der Waals surface area (Å²) in [5.74, 6) is -0.884. The average molecular weight is 260 g/mol. The molecule has 0 bridgehead atoms. The summed E-state index contributed by atoms with van der Waals surface area (Å²) in [5.41, 5.74) is 6.09. The molecule has 0 aliphatic rings. The van der Waals surface area contributed by atoms with Crippen LogP contribution in [0.4, 0.5) is 5.69 Å². The fourth-order valence-electron chi connectivity index (χ4n) is 1.45. The predicted molar refractivity (Wildman–Crippen MR) is 64.1 cm³/mol. The summed E-state index contributed by atoms with van der Waals surface area (Å²) >= 11 is 5.45. The summed E-state index contributed by atoms with van der Waals surface area (Å²) in [6.45, 7) is 0. The highest BCUT2D eigenvalue weighted by Crippen LogP contribution is 2.25. The molecule has 6 heteroatoms. The van der Waals surface area contributed by atoms with Crippen molar-refractivity contribution in [1.82, 2.24) is 0 Å². The van der Waals surface area contributed by atoms with Gasteiger partial charge in [0, 0.05) is 17.1 Å². The van der Waals surface area contributed by atoms with Crippen LogP contribution < -0.4 is 5.73 Å². The number of aliphatic hydroxyl groups is 2. The number of halogens is 1. The molecule has 94 valence electrons. The van der Waals surface area contributed by atoms with E-state index < -0.39 is 18.2 Å². The molecule has 0 amide bonds. The molecule has 17 heavy (non-hydrogen) atoms. The van der Waals surface area contributed by atoms with Crippen LogP contribution in [0.15, 0.2) is 18.2 Å². The Morgan fingerprint density at radius 2 is 2.06 bits per heavy atom. The van der Waals surface area contributed by atoms with Crippen LogP contribution >= 0.6 is 11.6 Å². The molecule has 0 saturated carbocycles. The number of nitrogen functional groups attached to an aromatic ring is 1. The molecule has 2 unspecified atom stereocenters. The molecule has 0 heterocycles. The van der Waals surface area contributed by atoms with Gasteiger partial charge in [0.1, 0.15) is 6.10 Å². The molecule has 0 aromatic heterocycles. The summed E-state index contributed by atoms with van der Waals surface area (Å²) in [5, 5.41) is 28.1. The lowest BCUT2D eigenvalue weighted by atomic mass is 9.99. The van der Waals surface area contributed by atoms with Gasteiger partial charge in [-0.2, -0.15) is 0 Å². The summed E-state index contributed by atoms with van der Waals surface area (Å²) in [7, 11) is 0. The maximum absolute atomic E-state index is 10.7. The molecule has 0 spiro atoms. The zero-order chi connectivity index (χ0) is 13.0. The number of alkyl halides is 1. The van der Waals surface area contributed by atoms with E-state index in [1.807, 2.05) is 0 Å². The first kappa shape index (κ1) is 13.8. The van der Waals surface area contributed by atoms with E-state index >= 15 is 0 Å². The van der Waals surface area contributed by atoms with Crippen LogP contribution in [0.3, 0.4) is 0 Å². The highest BCUT2D eigenvalue weighted by Gasteiger charge is 2.20. The second-order valence-corrected chi connectivity index (χ2v) is 4.02. The summed E-state index contributed by atoms with van der Waals surface area (Å²) in [6, 6.07) is 3.96. The number of hydrogen-bond acceptors (Lipinski definition) is 4. The van der Waals surface area contributed by atoms with E-state index in [-0.39, 0.29) is 23.6 Å². The molecule has 1 aromatic rings. The molecule has 5 N–H and O–H groups in total. The highest BCUT2D eigenvalue weighted by molar-refractivity contribution is 6.17. The monoisotopic (exact) mass is 259 g/mol. The Kier molecular flexibility index (Phi) is 4.74. The third kappa shape index (κ3) is 3.33. The first-order chi connectivity index (χ1) is 7.97. The van der Waals surface area contributed by atoms with E-state index in [0.717, 1.165) is 0 Å². The van der Waals surface area contributed by atoms with Crippen LogP contribution in [0, 0.1) is 0 Å². The quantitative estimate of drug-likeness (QED) is 0.466. The summed E-state index contributed by atoms with van der Waals surface area (Å²) < 4.78 is 0. The van der Waals surface area contributed by atoms with Crippen LogP contribution in [-0.2, 0) is 0 Å². The number of carbonyl (C=O) groups is 1. The summed E-state index contributed by atoms with van der Waals surface area (Å²) in [6.07, 6.45) is -1.97. The third-order valence-electron chi connectivity index (χ3n) is 2.42. The molecule has 1 rings (SSSR count). The van der Waals surface area contributed by atoms with Crippen molar-refractivity contribution < 1.29 is 20.1 Å². The lowest BCUT2D eigenvalue weighted by molar-refractivity contribution is 0.0174. The molecule has 5 nitrogen and oxygen atoms in total. The zero-order valence-corrected chi connectivity index (χ0v) is 9.76. The SMILES string of the molecule is Nc1cc(C(=O)O)ccc1C(O)C(O)CCCl. The van der Waals surface area contributed by atoms with Crippen LogP contribution in [0.5, 0.6) is 0 Å². The van der Waals surface area contributed by atoms with Gasteiger partial charge in [0.2, 0.25) is 0 Å². The minimum atomic E-state index is -1.17. The molecule has 0 aliphatic carbocycles. The van der Waals surface area contributed by atoms with Crippen molar-refractivity contribution >= 4 is 23.3 Å². The van der Waals surface area contributed by atoms with Gasteiger partial charge in [-0.1, -0.05) is 6.07 Å². The molecule has 2 atom stereocenters. The van der Waals surface area contributed by atoms with Crippen molar-refractivity contribution in [2.75, 3.05) is 11.6 Å². The van der Waals surface area contributed by atoms with Gasteiger partial charge >= 0.3 is 5.97 Å². The van der Waals surface area contributed by atoms with Gasteiger partial charge in [-0.3, -0.25) is 0 Å². The maximum Gasteiger partial charge on any atom is 0.335 e. The molecule has 0 radical (unpaired) electrons. The van der Waals surface area contributed by atoms with E-state index in [4.69, 9.17) is 22.4 Å². The Labute approximate surface area is 103 Å². The van der Waals surface area contributed by atoms with Gasteiger partial charge < -0.3 is 21.1 Å². The smallest absolute Gasteiger partial charge is 0.335 e. The zero-order valence-electron chi connectivity index (χ0n) is 9.01. The van der Waals surface area contributed by atoms with Crippen molar-refractivity contribution in [2.45, 2.75) is 18.6 Å². The van der Waals surface area contributed by atoms with Crippen molar-refractivity contribution in [2.24, 2.45) is 0 Å². The van der Waals surface area contributed by atoms with E-state index in [9.17, 15) is 15.0 Å². The summed E-state index contributed by atoms with van der Waals surface area (Å²) in [4.78, 5) is 10.7. The number of carboxylic acids is 1. The minimum absolute atomic E-state index is 0.0327. The Morgan fingerprint density at radius 3 is 2.53 bits per heavy atom. The van der Waals surface area contributed by atoms with Gasteiger partial charge in [0.25, 0.3) is 0 Å². The number of carboxylic acid groups (broad SMARTS) is 1. The Morgan fingerprint density at radius 1 is 1.41 bits per heavy atom. The van der Waals surface area contributed by atoms with E-state index in [1.54, 1.807) is 0 Å². The minimum Gasteiger partial charge on any atom is -0.478 e. The Hall–Kier alpha value is -1.30. The van der Waals surface area contributed by atoms with E-state index in [1.165, 1.54) is 18.2 Å². The van der Waals surface area contributed by atoms with Crippen molar-refractivity contribution in [3.63, 3.8) is 0 Å². The van der Waals surface area contributed by atoms with Gasteiger partial charge in [0.15, 0.2) is 0 Å². The lowest BCUT2D eigenvalue weighted by Crippen LogP contribution is -2.20. The van der Waals surface area contributed by atoms with Crippen molar-refractivity contribution in [3.8, 4) is 0 Å². The average Bonchev–Trinajstić information content (AvgIpc) is 2.28. The fraction of sp³-hybridized carbons (Fsp3) is 0.364. The third-order valence-corrected chi connectivity index (χ3v) is 2.64. The number of aromatic carboxylic acids is 1. The number of benzene rings is 1. The van der Waals surface area contributed by atoms with Gasteiger partial charge in [0.05, 0.1) is 11.7 Å². The normalized spacial score (nSPS) is 14.3. The van der Waals surface area contributed by atoms with Gasteiger partial charge in [-0.15, -0.1) is 11.6 Å². The van der Waals surface area contributed by atoms with E-state index in [2.05, 4.69) is 0 Å². The first-order valence-electron chi connectivity index (χ1n) is 5.02. The molecule has 0 saturated heterocycles. The molecule has 1 aromatic carbocycles. The van der Waals surface area contributed by atoms with Crippen molar-refractivity contribution in [1.29, 1.82) is 0 Å². The highest BCUT2D eigenvalue weighted by atomic mass is 35.5. The Bertz CT molecular complexity index is 410.